The van der Waals surface area contributed by atoms with Gasteiger partial charge in [0.25, 0.3) is 0 Å². The van der Waals surface area contributed by atoms with Crippen molar-refractivity contribution in [3.8, 4) is 11.3 Å². The molecular formula is C29H31N5O3S. The minimum atomic E-state index is -0.884. The van der Waals surface area contributed by atoms with E-state index in [4.69, 9.17) is 9.72 Å². The van der Waals surface area contributed by atoms with Crippen molar-refractivity contribution in [3.63, 3.8) is 0 Å². The second-order valence-corrected chi connectivity index (χ2v) is 11.4. The van der Waals surface area contributed by atoms with E-state index in [9.17, 15) is 9.90 Å². The lowest BCUT2D eigenvalue weighted by molar-refractivity contribution is 0.0552. The highest BCUT2D eigenvalue weighted by atomic mass is 32.1. The minimum absolute atomic E-state index is 0.0108. The molecule has 0 spiro atoms. The van der Waals surface area contributed by atoms with Gasteiger partial charge in [-0.2, -0.15) is 0 Å². The molecule has 9 heteroatoms. The highest BCUT2D eigenvalue weighted by Crippen LogP contribution is 2.47. The summed E-state index contributed by atoms with van der Waals surface area (Å²) >= 11 is 1.34. The molecule has 1 saturated heterocycles. The number of hydrogen-bond donors (Lipinski definition) is 1. The third-order valence-corrected chi connectivity index (χ3v) is 8.86. The number of carbonyl (C=O) groups is 1. The molecule has 5 heterocycles. The van der Waals surface area contributed by atoms with Crippen LogP contribution in [-0.4, -0.2) is 48.8 Å². The molecule has 0 aliphatic carbocycles. The molecule has 1 fully saturated rings. The molecule has 0 unspecified atom stereocenters. The number of aromatic carboxylic acids is 1. The summed E-state index contributed by atoms with van der Waals surface area (Å²) < 4.78 is 10.9. The number of carboxylic acid groups (broad SMARTS) is 1. The lowest BCUT2D eigenvalue weighted by Crippen LogP contribution is -2.27. The Hall–Kier alpha value is -3.56. The Kier molecular flexibility index (Phi) is 6.28. The average molecular weight is 530 g/mol. The number of rotatable bonds is 6. The molecule has 1 aromatic carbocycles. The molecule has 8 nitrogen and oxygen atoms in total. The number of nitrogens with zero attached hydrogens (tertiary/aromatic N) is 5. The summed E-state index contributed by atoms with van der Waals surface area (Å²) in [6.07, 6.45) is 3.73. The summed E-state index contributed by atoms with van der Waals surface area (Å²) in [6.45, 7) is 7.55. The van der Waals surface area contributed by atoms with E-state index >= 15 is 0 Å². The van der Waals surface area contributed by atoms with Gasteiger partial charge in [-0.05, 0) is 43.2 Å². The van der Waals surface area contributed by atoms with Crippen molar-refractivity contribution in [2.75, 3.05) is 13.2 Å². The maximum atomic E-state index is 12.4. The summed E-state index contributed by atoms with van der Waals surface area (Å²) in [5.41, 5.74) is 7.62. The largest absolute Gasteiger partial charge is 0.477 e. The molecule has 6 rings (SSSR count). The molecule has 1 aliphatic heterocycles. The number of benzene rings is 1. The van der Waals surface area contributed by atoms with Gasteiger partial charge in [-0.1, -0.05) is 49.4 Å². The zero-order valence-electron chi connectivity index (χ0n) is 22.0. The molecule has 0 amide bonds. The van der Waals surface area contributed by atoms with Crippen LogP contribution in [0.25, 0.3) is 32.5 Å². The van der Waals surface area contributed by atoms with Crippen molar-refractivity contribution in [2.24, 2.45) is 13.0 Å². The van der Waals surface area contributed by atoms with E-state index in [2.05, 4.69) is 59.1 Å². The second kappa shape index (κ2) is 9.63. The second-order valence-electron chi connectivity index (χ2n) is 10.4. The van der Waals surface area contributed by atoms with E-state index in [1.807, 2.05) is 26.2 Å². The molecule has 196 valence electrons. The monoisotopic (exact) mass is 529 g/mol. The van der Waals surface area contributed by atoms with Gasteiger partial charge in [0.15, 0.2) is 0 Å². The third kappa shape index (κ3) is 3.92. The van der Waals surface area contributed by atoms with Crippen LogP contribution < -0.4 is 0 Å². The normalized spacial score (nSPS) is 15.6. The van der Waals surface area contributed by atoms with Gasteiger partial charge in [0.1, 0.15) is 10.4 Å². The third-order valence-electron chi connectivity index (χ3n) is 7.67. The van der Waals surface area contributed by atoms with Gasteiger partial charge < -0.3 is 14.4 Å². The smallest absolute Gasteiger partial charge is 0.346 e. The molecular weight excluding hydrogens is 498 g/mol. The van der Waals surface area contributed by atoms with Crippen molar-refractivity contribution >= 4 is 38.6 Å². The van der Waals surface area contributed by atoms with E-state index in [1.165, 1.54) is 16.9 Å². The first-order chi connectivity index (χ1) is 18.4. The summed E-state index contributed by atoms with van der Waals surface area (Å²) in [7, 11) is 1.89. The Labute approximate surface area is 224 Å². The van der Waals surface area contributed by atoms with E-state index in [-0.39, 0.29) is 12.0 Å². The highest BCUT2D eigenvalue weighted by molar-refractivity contribution is 7.22. The fraction of sp³-hybridized carbons (Fsp3) is 0.379. The van der Waals surface area contributed by atoms with Crippen LogP contribution in [0, 0.1) is 12.8 Å². The maximum Gasteiger partial charge on any atom is 0.346 e. The zero-order chi connectivity index (χ0) is 26.6. The first-order valence-corrected chi connectivity index (χ1v) is 13.9. The van der Waals surface area contributed by atoms with Crippen molar-refractivity contribution in [2.45, 2.75) is 45.6 Å². The maximum absolute atomic E-state index is 12.4. The Morgan fingerprint density at radius 2 is 1.92 bits per heavy atom. The lowest BCUT2D eigenvalue weighted by atomic mass is 9.86. The van der Waals surface area contributed by atoms with Crippen LogP contribution in [0.1, 0.15) is 65.1 Å². The van der Waals surface area contributed by atoms with Crippen molar-refractivity contribution in [1.82, 2.24) is 24.5 Å². The van der Waals surface area contributed by atoms with E-state index < -0.39 is 5.97 Å². The van der Waals surface area contributed by atoms with Gasteiger partial charge in [0, 0.05) is 37.6 Å². The highest BCUT2D eigenvalue weighted by Gasteiger charge is 2.34. The molecule has 5 aromatic rings. The van der Waals surface area contributed by atoms with Crippen molar-refractivity contribution in [3.05, 3.63) is 64.3 Å². The number of aryl methyl sites for hydroxylation is 2. The zero-order valence-corrected chi connectivity index (χ0v) is 22.8. The number of thiophene rings is 1. The standard InChI is InChI=1S/C29H31N5O3S/c1-16(2)22-26-28(38-27(22)29(35)36)23-21(14-20(15-30-23)24-17(3)31-32-33(24)4)34(26)25(18-8-6-5-7-9-18)19-10-12-37-13-11-19/h5-9,14-16,19,25H,10-13H2,1-4H3,(H,35,36)/t25-/m1/s1. The van der Waals surface area contributed by atoms with Crippen LogP contribution in [0.15, 0.2) is 42.6 Å². The fourth-order valence-corrected chi connectivity index (χ4v) is 7.34. The predicted octanol–water partition coefficient (Wildman–Crippen LogP) is 6.19. The number of carboxylic acids is 1. The molecule has 1 N–H and O–H groups in total. The van der Waals surface area contributed by atoms with E-state index in [0.717, 1.165) is 69.8 Å². The molecule has 0 saturated carbocycles. The fourth-order valence-electron chi connectivity index (χ4n) is 6.05. The number of fused-ring (bicyclic) bond motifs is 3. The SMILES string of the molecule is Cc1nnn(C)c1-c1cnc2c3sc(C(=O)O)c(C(C)C)c3n([C@H](c3ccccc3)C3CCOCC3)c2c1. The quantitative estimate of drug-likeness (QED) is 0.282. The van der Waals surface area contributed by atoms with Gasteiger partial charge in [-0.3, -0.25) is 4.98 Å². The number of hydrogen-bond acceptors (Lipinski definition) is 6. The summed E-state index contributed by atoms with van der Waals surface area (Å²) in [5, 5.41) is 18.6. The Bertz CT molecular complexity index is 1620. The van der Waals surface area contributed by atoms with Crippen LogP contribution in [0.4, 0.5) is 0 Å². The van der Waals surface area contributed by atoms with Crippen LogP contribution in [0.3, 0.4) is 0 Å². The van der Waals surface area contributed by atoms with Crippen LogP contribution in [0.2, 0.25) is 0 Å². The van der Waals surface area contributed by atoms with E-state index in [0.29, 0.717) is 10.8 Å². The van der Waals surface area contributed by atoms with Gasteiger partial charge in [-0.15, -0.1) is 16.4 Å². The number of ether oxygens (including phenoxy) is 1. The number of pyridine rings is 1. The first kappa shape index (κ1) is 24.8. The van der Waals surface area contributed by atoms with Crippen molar-refractivity contribution in [1.29, 1.82) is 0 Å². The molecule has 0 radical (unpaired) electrons. The van der Waals surface area contributed by atoms with Crippen LogP contribution in [0.5, 0.6) is 0 Å². The van der Waals surface area contributed by atoms with E-state index in [1.54, 1.807) is 4.68 Å². The predicted molar refractivity (Wildman–Crippen MR) is 149 cm³/mol. The topological polar surface area (TPSA) is 95.1 Å². The summed E-state index contributed by atoms with van der Waals surface area (Å²) in [6, 6.07) is 12.8. The van der Waals surface area contributed by atoms with Gasteiger partial charge in [-0.25, -0.2) is 9.48 Å². The summed E-state index contributed by atoms with van der Waals surface area (Å²) in [4.78, 5) is 17.8. The molecule has 1 atom stereocenters. The van der Waals surface area contributed by atoms with Gasteiger partial charge >= 0.3 is 5.97 Å². The van der Waals surface area contributed by atoms with Gasteiger partial charge in [0.2, 0.25) is 0 Å². The Morgan fingerprint density at radius 3 is 2.55 bits per heavy atom. The Balaban J connectivity index is 1.74. The summed E-state index contributed by atoms with van der Waals surface area (Å²) in [5.74, 6) is -0.515. The van der Waals surface area contributed by atoms with Crippen LogP contribution in [-0.2, 0) is 11.8 Å². The average Bonchev–Trinajstić information content (AvgIpc) is 3.56. The Morgan fingerprint density at radius 1 is 1.18 bits per heavy atom. The van der Waals surface area contributed by atoms with Crippen LogP contribution >= 0.6 is 11.3 Å². The lowest BCUT2D eigenvalue weighted by Gasteiger charge is -2.33. The molecule has 0 bridgehead atoms. The molecule has 38 heavy (non-hydrogen) atoms. The first-order valence-electron chi connectivity index (χ1n) is 13.1. The van der Waals surface area contributed by atoms with Gasteiger partial charge in [0.05, 0.1) is 33.2 Å². The number of aromatic nitrogens is 5. The molecule has 4 aromatic heterocycles. The van der Waals surface area contributed by atoms with Crippen molar-refractivity contribution < 1.29 is 14.6 Å². The molecule has 1 aliphatic rings. The minimum Gasteiger partial charge on any atom is -0.477 e.